The van der Waals surface area contributed by atoms with Gasteiger partial charge in [0.05, 0.1) is 5.56 Å². The third kappa shape index (κ3) is 6.23. The molecule has 0 aliphatic carbocycles. The molecule has 66 heavy (non-hydrogen) atoms. The molecule has 0 saturated heterocycles. The van der Waals surface area contributed by atoms with Crippen LogP contribution in [0.2, 0.25) is 0 Å². The van der Waals surface area contributed by atoms with Gasteiger partial charge in [0.15, 0.2) is 23.0 Å². The molecule has 0 amide bonds. The van der Waals surface area contributed by atoms with E-state index in [9.17, 15) is 8.22 Å². The van der Waals surface area contributed by atoms with Crippen molar-refractivity contribution in [2.75, 3.05) is 0 Å². The molecule has 8 aromatic rings. The SMILES string of the molecule is [2H]C(C)(C)c1ccc(-c2cc[n+]3c(c2)-c2cc(C(C)(C)C)cc4c2C32Oc3c(cc(C(C)(C)C)cc3C(C)(C([2H])([2H])[2H])C([2H])([2H])[2H])-c3n(-c5ccc(-c6ccccc6)c(CC(C)C)c5)c5cccc-4c5[n+]32)cc1. The van der Waals surface area contributed by atoms with E-state index < -0.39 is 36.3 Å². The summed E-state index contributed by atoms with van der Waals surface area (Å²) in [6.07, 6.45) is 2.91. The number of imidazole rings is 1. The van der Waals surface area contributed by atoms with E-state index in [1.54, 1.807) is 6.07 Å². The lowest BCUT2D eigenvalue weighted by atomic mass is 9.78. The molecule has 4 nitrogen and oxygen atoms in total. The van der Waals surface area contributed by atoms with Gasteiger partial charge >= 0.3 is 11.7 Å². The van der Waals surface area contributed by atoms with Crippen molar-refractivity contribution in [3.63, 3.8) is 0 Å². The van der Waals surface area contributed by atoms with E-state index in [-0.39, 0.29) is 16.7 Å². The van der Waals surface area contributed by atoms with Crippen LogP contribution >= 0.6 is 0 Å². The Bertz CT molecular complexity index is 3570. The van der Waals surface area contributed by atoms with E-state index in [4.69, 9.17) is 6.11 Å². The summed E-state index contributed by atoms with van der Waals surface area (Å²) in [5.74, 6) is -0.914. The van der Waals surface area contributed by atoms with Crippen molar-refractivity contribution in [3.8, 4) is 67.5 Å². The van der Waals surface area contributed by atoms with E-state index in [0.29, 0.717) is 11.5 Å². The zero-order valence-electron chi connectivity index (χ0n) is 47.2. The highest BCUT2D eigenvalue weighted by Gasteiger charge is 2.69. The third-order valence-electron chi connectivity index (χ3n) is 14.2. The predicted octanol–water partition coefficient (Wildman–Crippen LogP) is 15.0. The lowest BCUT2D eigenvalue weighted by Gasteiger charge is -2.36. The zero-order valence-corrected chi connectivity index (χ0v) is 40.2. The molecule has 5 heterocycles. The van der Waals surface area contributed by atoms with Gasteiger partial charge in [0.25, 0.3) is 0 Å². The molecule has 3 aliphatic rings. The van der Waals surface area contributed by atoms with Crippen molar-refractivity contribution >= 4 is 11.0 Å². The molecule has 0 fully saturated rings. The van der Waals surface area contributed by atoms with Crippen LogP contribution in [-0.2, 0) is 28.5 Å². The lowest BCUT2D eigenvalue weighted by Crippen LogP contribution is -2.78. The molecular formula is C62H65N3O+2. The first kappa shape index (κ1) is 35.0. The molecule has 332 valence electrons. The van der Waals surface area contributed by atoms with E-state index in [1.807, 2.05) is 32.0 Å². The third-order valence-corrected chi connectivity index (χ3v) is 14.2. The van der Waals surface area contributed by atoms with E-state index in [1.165, 1.54) is 12.5 Å². The van der Waals surface area contributed by atoms with Gasteiger partial charge in [-0.2, -0.15) is 4.57 Å². The molecule has 1 spiro atoms. The monoisotopic (exact) mass is 875 g/mol. The molecule has 6 aromatic carbocycles. The molecular weight excluding hydrogens is 803 g/mol. The number of pyridine rings is 1. The van der Waals surface area contributed by atoms with Gasteiger partial charge in [-0.25, -0.2) is 0 Å². The van der Waals surface area contributed by atoms with Crippen molar-refractivity contribution in [3.05, 3.63) is 167 Å². The number of hydrogen-bond acceptors (Lipinski definition) is 1. The van der Waals surface area contributed by atoms with Crippen LogP contribution < -0.4 is 13.9 Å². The second-order valence-electron chi connectivity index (χ2n) is 21.9. The Morgan fingerprint density at radius 2 is 1.33 bits per heavy atom. The van der Waals surface area contributed by atoms with E-state index in [2.05, 4.69) is 178 Å². The van der Waals surface area contributed by atoms with Crippen molar-refractivity contribution in [2.45, 2.75) is 124 Å². The maximum atomic E-state index is 9.17. The molecule has 3 aliphatic heterocycles. The average molecular weight is 875 g/mol. The first-order chi connectivity index (χ1) is 34.1. The highest BCUT2D eigenvalue weighted by molar-refractivity contribution is 5.98. The fraction of sp³-hybridized carbons (Fsp3) is 0.323. The fourth-order valence-corrected chi connectivity index (χ4v) is 10.8. The summed E-state index contributed by atoms with van der Waals surface area (Å²) in [6, 6.07) is 44.8. The van der Waals surface area contributed by atoms with Crippen LogP contribution in [0.5, 0.6) is 5.75 Å². The Hall–Kier alpha value is -6.26. The molecule has 0 bridgehead atoms. The van der Waals surface area contributed by atoms with Gasteiger partial charge in [0.2, 0.25) is 5.69 Å². The van der Waals surface area contributed by atoms with Crippen LogP contribution in [0.3, 0.4) is 0 Å². The first-order valence-electron chi connectivity index (χ1n) is 27.1. The standard InChI is InChI=1S/C62H65N3O/c1-37(2)30-43-31-46(26-27-47(43)41-18-15-14-16-19-41)64-53-21-17-20-48-49-33-44(59(5,6)7)34-50-54-32-42(40-24-22-39(23-25-40)38(3)4)28-29-63(54)62(55(49)50)65(56(48)53)58(64)51-35-45(60(8,9)10)36-52(57(51)66-62)61(11,12)13/h14-29,31-38H,30H2,1-13H3/q+2/i11D3,12D3,38D. The van der Waals surface area contributed by atoms with Gasteiger partial charge < -0.3 is 4.74 Å². The van der Waals surface area contributed by atoms with Gasteiger partial charge in [-0.05, 0) is 128 Å². The number of para-hydroxylation sites is 1. The van der Waals surface area contributed by atoms with Crippen LogP contribution in [0, 0.1) is 5.92 Å². The number of hydrogen-bond donors (Lipinski definition) is 0. The van der Waals surface area contributed by atoms with Crippen molar-refractivity contribution in [2.24, 2.45) is 5.92 Å². The van der Waals surface area contributed by atoms with Crippen LogP contribution in [0.25, 0.3) is 72.7 Å². The van der Waals surface area contributed by atoms with Gasteiger partial charge in [0.1, 0.15) is 16.8 Å². The largest absolute Gasteiger partial charge is 0.499 e. The molecule has 1 unspecified atom stereocenters. The summed E-state index contributed by atoms with van der Waals surface area (Å²) in [7, 11) is 0. The second kappa shape index (κ2) is 14.4. The summed E-state index contributed by atoms with van der Waals surface area (Å²) in [5, 5.41) is 0. The Labute approximate surface area is 402 Å². The van der Waals surface area contributed by atoms with Gasteiger partial charge in [0, 0.05) is 38.4 Å². The molecule has 11 rings (SSSR count). The highest BCUT2D eigenvalue weighted by Crippen LogP contribution is 2.56. The van der Waals surface area contributed by atoms with Gasteiger partial charge in [-0.3, -0.25) is 0 Å². The van der Waals surface area contributed by atoms with Crippen molar-refractivity contribution in [1.29, 1.82) is 0 Å². The molecule has 0 saturated carbocycles. The second-order valence-corrected chi connectivity index (χ2v) is 21.9. The van der Waals surface area contributed by atoms with E-state index >= 15 is 0 Å². The molecule has 1 atom stereocenters. The zero-order chi connectivity index (χ0) is 52.3. The fourth-order valence-electron chi connectivity index (χ4n) is 10.8. The Kier molecular flexibility index (Phi) is 7.62. The summed E-state index contributed by atoms with van der Waals surface area (Å²) in [5.41, 5.74) is 13.5. The van der Waals surface area contributed by atoms with Crippen LogP contribution in [0.15, 0.2) is 134 Å². The maximum Gasteiger partial charge on any atom is 0.499 e. The van der Waals surface area contributed by atoms with Gasteiger partial charge in [-0.1, -0.05) is 157 Å². The number of benzene rings is 6. The smallest absolute Gasteiger partial charge is 0.392 e. The highest BCUT2D eigenvalue weighted by atomic mass is 16.5. The average Bonchev–Trinajstić information content (AvgIpc) is 3.81. The van der Waals surface area contributed by atoms with Crippen LogP contribution in [0.4, 0.5) is 0 Å². The number of fused-ring (bicyclic) bond motifs is 5. The Balaban J connectivity index is 1.33. The van der Waals surface area contributed by atoms with Crippen molar-refractivity contribution < 1.29 is 23.5 Å². The summed E-state index contributed by atoms with van der Waals surface area (Å²) in [6.45, 7) is 16.6. The van der Waals surface area contributed by atoms with Crippen LogP contribution in [-0.4, -0.2) is 4.57 Å². The molecule has 0 radical (unpaired) electrons. The van der Waals surface area contributed by atoms with Crippen molar-refractivity contribution in [1.82, 2.24) is 4.57 Å². The topological polar surface area (TPSA) is 21.9 Å². The minimum atomic E-state index is -2.98. The maximum absolute atomic E-state index is 9.17. The van der Waals surface area contributed by atoms with E-state index in [0.717, 1.165) is 95.9 Å². The number of nitrogens with zero attached hydrogens (tertiary/aromatic N) is 3. The molecule has 2 aromatic heterocycles. The predicted molar refractivity (Wildman–Crippen MR) is 273 cm³/mol. The Morgan fingerprint density at radius 3 is 2.02 bits per heavy atom. The molecule has 4 heteroatoms. The van der Waals surface area contributed by atoms with Crippen LogP contribution in [0.1, 0.15) is 139 Å². The number of aromatic nitrogens is 3. The summed E-state index contributed by atoms with van der Waals surface area (Å²) >= 11 is 0. The molecule has 0 N–H and O–H groups in total. The summed E-state index contributed by atoms with van der Waals surface area (Å²) in [4.78, 5) is 0. The summed E-state index contributed by atoms with van der Waals surface area (Å²) < 4.78 is 78.5. The lowest BCUT2D eigenvalue weighted by molar-refractivity contribution is -0.997. The first-order valence-corrected chi connectivity index (χ1v) is 23.6. The minimum absolute atomic E-state index is 0.121. The normalized spacial score (nSPS) is 18.0. The number of rotatable bonds is 6. The Morgan fingerprint density at radius 1 is 0.636 bits per heavy atom. The number of ether oxygens (including phenoxy) is 1. The minimum Gasteiger partial charge on any atom is -0.392 e. The van der Waals surface area contributed by atoms with Gasteiger partial charge in [-0.15, -0.1) is 9.13 Å². The quantitative estimate of drug-likeness (QED) is 0.153.